The van der Waals surface area contributed by atoms with Gasteiger partial charge in [-0.1, -0.05) is 63.2 Å². The van der Waals surface area contributed by atoms with Crippen molar-refractivity contribution in [2.45, 2.75) is 46.6 Å². The molecule has 0 spiro atoms. The SMILES string of the molecule is CC(C)(C)C(=O)C(Cc1ccc2ccccc2c1)C(C)(C)N. The van der Waals surface area contributed by atoms with Gasteiger partial charge >= 0.3 is 0 Å². The molecule has 22 heavy (non-hydrogen) atoms. The maximum atomic E-state index is 12.8. The van der Waals surface area contributed by atoms with Crippen LogP contribution in [0, 0.1) is 11.3 Å². The van der Waals surface area contributed by atoms with E-state index in [2.05, 4.69) is 30.3 Å². The van der Waals surface area contributed by atoms with Crippen LogP contribution in [-0.4, -0.2) is 11.3 Å². The lowest BCUT2D eigenvalue weighted by Crippen LogP contribution is -2.49. The van der Waals surface area contributed by atoms with Crippen LogP contribution in [0.1, 0.15) is 40.2 Å². The smallest absolute Gasteiger partial charge is 0.143 e. The number of rotatable bonds is 4. The molecule has 0 amide bonds. The highest BCUT2D eigenvalue weighted by molar-refractivity contribution is 5.88. The van der Waals surface area contributed by atoms with Crippen molar-refractivity contribution in [2.75, 3.05) is 0 Å². The second kappa shape index (κ2) is 5.85. The molecule has 0 heterocycles. The second-order valence-electron chi connectivity index (χ2n) is 7.87. The van der Waals surface area contributed by atoms with Gasteiger partial charge in [-0.15, -0.1) is 0 Å². The topological polar surface area (TPSA) is 43.1 Å². The summed E-state index contributed by atoms with van der Waals surface area (Å²) in [5.74, 6) is 0.0434. The Balaban J connectivity index is 2.35. The van der Waals surface area contributed by atoms with E-state index in [1.165, 1.54) is 16.3 Å². The molecule has 0 aliphatic carbocycles. The fourth-order valence-electron chi connectivity index (χ4n) is 2.82. The zero-order valence-corrected chi connectivity index (χ0v) is 14.3. The van der Waals surface area contributed by atoms with Crippen LogP contribution in [0.3, 0.4) is 0 Å². The predicted molar refractivity (Wildman–Crippen MR) is 93.9 cm³/mol. The molecule has 2 heteroatoms. The molecule has 0 fully saturated rings. The molecule has 0 aliphatic heterocycles. The lowest BCUT2D eigenvalue weighted by Gasteiger charge is -2.34. The van der Waals surface area contributed by atoms with Crippen LogP contribution < -0.4 is 5.73 Å². The van der Waals surface area contributed by atoms with Gasteiger partial charge in [0.1, 0.15) is 5.78 Å². The molecule has 0 aliphatic rings. The minimum atomic E-state index is -0.532. The Morgan fingerprint density at radius 2 is 1.59 bits per heavy atom. The minimum absolute atomic E-state index is 0.186. The van der Waals surface area contributed by atoms with Gasteiger partial charge in [0.15, 0.2) is 0 Å². The Bertz CT molecular complexity index is 674. The summed E-state index contributed by atoms with van der Waals surface area (Å²) in [4.78, 5) is 12.8. The van der Waals surface area contributed by atoms with Crippen LogP contribution in [0.15, 0.2) is 42.5 Å². The first-order valence-electron chi connectivity index (χ1n) is 7.90. The Morgan fingerprint density at radius 3 is 2.14 bits per heavy atom. The molecule has 0 bridgehead atoms. The quantitative estimate of drug-likeness (QED) is 0.911. The van der Waals surface area contributed by atoms with Gasteiger partial charge in [-0.2, -0.15) is 0 Å². The summed E-state index contributed by atoms with van der Waals surface area (Å²) in [5.41, 5.74) is 6.57. The third-order valence-electron chi connectivity index (χ3n) is 4.21. The Hall–Kier alpha value is -1.67. The molecule has 0 aromatic heterocycles. The Kier molecular flexibility index (Phi) is 4.44. The predicted octanol–water partition coefficient (Wildman–Crippen LogP) is 4.35. The number of carbonyl (C=O) groups is 1. The number of ketones is 1. The monoisotopic (exact) mass is 297 g/mol. The van der Waals surface area contributed by atoms with E-state index in [-0.39, 0.29) is 17.1 Å². The molecule has 118 valence electrons. The number of benzene rings is 2. The van der Waals surface area contributed by atoms with Crippen molar-refractivity contribution in [3.05, 3.63) is 48.0 Å². The van der Waals surface area contributed by atoms with E-state index in [0.29, 0.717) is 6.42 Å². The third-order valence-corrected chi connectivity index (χ3v) is 4.21. The first-order valence-corrected chi connectivity index (χ1v) is 7.90. The van der Waals surface area contributed by atoms with E-state index in [4.69, 9.17) is 5.73 Å². The van der Waals surface area contributed by atoms with E-state index in [1.807, 2.05) is 46.8 Å². The second-order valence-corrected chi connectivity index (χ2v) is 7.87. The molecule has 0 saturated heterocycles. The molecule has 2 aromatic carbocycles. The normalized spacial score (nSPS) is 14.1. The average molecular weight is 297 g/mol. The van der Waals surface area contributed by atoms with E-state index in [0.717, 1.165) is 0 Å². The fourth-order valence-corrected chi connectivity index (χ4v) is 2.82. The van der Waals surface area contributed by atoms with Crippen molar-refractivity contribution in [3.63, 3.8) is 0 Å². The largest absolute Gasteiger partial charge is 0.325 e. The summed E-state index contributed by atoms with van der Waals surface area (Å²) >= 11 is 0. The van der Waals surface area contributed by atoms with Gasteiger partial charge in [-0.05, 0) is 36.6 Å². The molecule has 0 saturated carbocycles. The minimum Gasteiger partial charge on any atom is -0.325 e. The number of Topliss-reactive ketones (excluding diaryl/α,β-unsaturated/α-hetero) is 1. The standard InChI is InChI=1S/C20H27NO/c1-19(2,3)18(22)17(20(4,5)21)13-14-10-11-15-8-6-7-9-16(15)12-14/h6-12,17H,13,21H2,1-5H3. The molecular formula is C20H27NO. The van der Waals surface area contributed by atoms with Crippen LogP contribution >= 0.6 is 0 Å². The molecule has 2 aromatic rings. The maximum Gasteiger partial charge on any atom is 0.143 e. The number of hydrogen-bond donors (Lipinski definition) is 1. The van der Waals surface area contributed by atoms with Crippen molar-refractivity contribution in [1.29, 1.82) is 0 Å². The average Bonchev–Trinajstić information content (AvgIpc) is 2.41. The van der Waals surface area contributed by atoms with Gasteiger partial charge in [0.25, 0.3) is 0 Å². The Labute approximate surface area is 133 Å². The zero-order valence-electron chi connectivity index (χ0n) is 14.3. The van der Waals surface area contributed by atoms with E-state index in [1.54, 1.807) is 0 Å². The van der Waals surface area contributed by atoms with Gasteiger partial charge in [-0.25, -0.2) is 0 Å². The van der Waals surface area contributed by atoms with Gasteiger partial charge in [0.05, 0.1) is 0 Å². The van der Waals surface area contributed by atoms with E-state index >= 15 is 0 Å². The van der Waals surface area contributed by atoms with Crippen molar-refractivity contribution < 1.29 is 4.79 Å². The number of carbonyl (C=O) groups excluding carboxylic acids is 1. The number of hydrogen-bond acceptors (Lipinski definition) is 2. The summed E-state index contributed by atoms with van der Waals surface area (Å²) in [6, 6.07) is 14.7. The molecule has 2 rings (SSSR count). The van der Waals surface area contributed by atoms with Crippen molar-refractivity contribution in [1.82, 2.24) is 0 Å². The molecule has 1 atom stereocenters. The summed E-state index contributed by atoms with van der Waals surface area (Å²) in [6.45, 7) is 9.79. The molecule has 2 N–H and O–H groups in total. The van der Waals surface area contributed by atoms with Crippen molar-refractivity contribution in [2.24, 2.45) is 17.1 Å². The highest BCUT2D eigenvalue weighted by Crippen LogP contribution is 2.30. The zero-order chi connectivity index (χ0) is 16.5. The van der Waals surface area contributed by atoms with Gasteiger partial charge in [0.2, 0.25) is 0 Å². The van der Waals surface area contributed by atoms with E-state index < -0.39 is 5.54 Å². The van der Waals surface area contributed by atoms with Crippen LogP contribution in [0.4, 0.5) is 0 Å². The number of fused-ring (bicyclic) bond motifs is 1. The number of nitrogens with two attached hydrogens (primary N) is 1. The fraction of sp³-hybridized carbons (Fsp3) is 0.450. The van der Waals surface area contributed by atoms with Crippen LogP contribution in [0.2, 0.25) is 0 Å². The third kappa shape index (κ3) is 3.75. The first-order chi connectivity index (χ1) is 10.1. The molecule has 1 unspecified atom stereocenters. The van der Waals surface area contributed by atoms with Gasteiger partial charge in [-0.3, -0.25) is 4.79 Å². The highest BCUT2D eigenvalue weighted by Gasteiger charge is 2.37. The molecule has 2 nitrogen and oxygen atoms in total. The summed E-state index contributed by atoms with van der Waals surface area (Å²) in [6.07, 6.45) is 0.685. The summed E-state index contributed by atoms with van der Waals surface area (Å²) < 4.78 is 0. The summed E-state index contributed by atoms with van der Waals surface area (Å²) in [5, 5.41) is 2.42. The summed E-state index contributed by atoms with van der Waals surface area (Å²) in [7, 11) is 0. The Morgan fingerprint density at radius 1 is 1.00 bits per heavy atom. The lowest BCUT2D eigenvalue weighted by molar-refractivity contribution is -0.132. The van der Waals surface area contributed by atoms with Crippen LogP contribution in [0.5, 0.6) is 0 Å². The first kappa shape index (κ1) is 16.7. The van der Waals surface area contributed by atoms with Crippen LogP contribution in [-0.2, 0) is 11.2 Å². The molecule has 0 radical (unpaired) electrons. The lowest BCUT2D eigenvalue weighted by atomic mass is 9.72. The van der Waals surface area contributed by atoms with Gasteiger partial charge in [0, 0.05) is 16.9 Å². The van der Waals surface area contributed by atoms with Crippen molar-refractivity contribution in [3.8, 4) is 0 Å². The maximum absolute atomic E-state index is 12.8. The van der Waals surface area contributed by atoms with Gasteiger partial charge < -0.3 is 5.73 Å². The molecular weight excluding hydrogens is 270 g/mol. The van der Waals surface area contributed by atoms with Crippen LogP contribution in [0.25, 0.3) is 10.8 Å². The van der Waals surface area contributed by atoms with Crippen molar-refractivity contribution >= 4 is 16.6 Å². The van der Waals surface area contributed by atoms with E-state index in [9.17, 15) is 4.79 Å². The highest BCUT2D eigenvalue weighted by atomic mass is 16.1.